The zero-order chi connectivity index (χ0) is 11.4. The molecule has 16 heavy (non-hydrogen) atoms. The molecule has 1 aromatic rings. The molecule has 2 rings (SSSR count). The lowest BCUT2D eigenvalue weighted by Crippen LogP contribution is -2.51. The number of likely N-dealkylation sites (N-methyl/N-ethyl adjacent to an activating group) is 1. The topological polar surface area (TPSA) is 32.7 Å². The molecule has 88 valence electrons. The predicted octanol–water partition coefficient (Wildman–Crippen LogP) is 1.30. The van der Waals surface area contributed by atoms with E-state index in [1.54, 1.807) is 0 Å². The third-order valence-electron chi connectivity index (χ3n) is 2.90. The van der Waals surface area contributed by atoms with Crippen LogP contribution in [0.5, 0.6) is 5.75 Å². The van der Waals surface area contributed by atoms with Gasteiger partial charge in [0.2, 0.25) is 0 Å². The van der Waals surface area contributed by atoms with E-state index in [2.05, 4.69) is 18.0 Å². The van der Waals surface area contributed by atoms with Gasteiger partial charge < -0.3 is 9.84 Å². The number of nitrogens with zero attached hydrogens (tertiary/aromatic N) is 1. The Balaban J connectivity index is 1.96. The van der Waals surface area contributed by atoms with Crippen LogP contribution in [0.25, 0.3) is 0 Å². The number of aliphatic hydroxyl groups excluding tert-OH is 1. The molecule has 1 aromatic carbocycles. The number of ether oxygens (including phenoxy) is 1. The summed E-state index contributed by atoms with van der Waals surface area (Å²) >= 11 is 0. The molecule has 1 heterocycles. The number of hydrogen-bond acceptors (Lipinski definition) is 3. The standard InChI is InChI=1S/C13H19NO2/c1-14-9-12(10-14)16-13-7-3-2-5-11(13)6-4-8-15/h2-3,5,7,12,15H,4,6,8-10H2,1H3. The summed E-state index contributed by atoms with van der Waals surface area (Å²) in [7, 11) is 2.09. The van der Waals surface area contributed by atoms with Crippen molar-refractivity contribution < 1.29 is 9.84 Å². The van der Waals surface area contributed by atoms with Crippen molar-refractivity contribution in [2.24, 2.45) is 0 Å². The normalized spacial score (nSPS) is 17.1. The van der Waals surface area contributed by atoms with E-state index in [9.17, 15) is 0 Å². The van der Waals surface area contributed by atoms with Crippen molar-refractivity contribution in [2.45, 2.75) is 18.9 Å². The summed E-state index contributed by atoms with van der Waals surface area (Å²) in [6.07, 6.45) is 2.01. The maximum atomic E-state index is 8.84. The van der Waals surface area contributed by atoms with Gasteiger partial charge in [0, 0.05) is 19.7 Å². The summed E-state index contributed by atoms with van der Waals surface area (Å²) in [6, 6.07) is 8.12. The molecule has 1 aliphatic heterocycles. The number of benzene rings is 1. The first-order chi connectivity index (χ1) is 7.79. The number of aryl methyl sites for hydroxylation is 1. The second-order valence-electron chi connectivity index (χ2n) is 4.40. The van der Waals surface area contributed by atoms with Crippen molar-refractivity contribution in [2.75, 3.05) is 26.7 Å². The molecule has 1 fully saturated rings. The molecule has 0 aromatic heterocycles. The minimum atomic E-state index is 0.237. The van der Waals surface area contributed by atoms with E-state index in [1.165, 1.54) is 5.56 Å². The molecule has 0 spiro atoms. The first-order valence-corrected chi connectivity index (χ1v) is 5.83. The average molecular weight is 221 g/mol. The molecule has 1 N–H and O–H groups in total. The summed E-state index contributed by atoms with van der Waals surface area (Å²) < 4.78 is 5.93. The Bertz CT molecular complexity index is 334. The quantitative estimate of drug-likeness (QED) is 0.813. The minimum absolute atomic E-state index is 0.237. The highest BCUT2D eigenvalue weighted by molar-refractivity contribution is 5.33. The molecular formula is C13H19NO2. The molecule has 0 aliphatic carbocycles. The Morgan fingerprint density at radius 1 is 1.38 bits per heavy atom. The second-order valence-corrected chi connectivity index (χ2v) is 4.40. The molecule has 0 amide bonds. The van der Waals surface area contributed by atoms with Crippen molar-refractivity contribution >= 4 is 0 Å². The minimum Gasteiger partial charge on any atom is -0.487 e. The highest BCUT2D eigenvalue weighted by Crippen LogP contribution is 2.23. The van der Waals surface area contributed by atoms with E-state index in [1.807, 2.05) is 18.2 Å². The van der Waals surface area contributed by atoms with Crippen LogP contribution in [0.4, 0.5) is 0 Å². The fourth-order valence-corrected chi connectivity index (χ4v) is 1.99. The lowest BCUT2D eigenvalue weighted by Gasteiger charge is -2.36. The van der Waals surface area contributed by atoms with Crippen molar-refractivity contribution in [3.8, 4) is 5.75 Å². The van der Waals surface area contributed by atoms with Gasteiger partial charge in [-0.25, -0.2) is 0 Å². The van der Waals surface area contributed by atoms with E-state index in [0.717, 1.165) is 31.7 Å². The maximum Gasteiger partial charge on any atom is 0.124 e. The monoisotopic (exact) mass is 221 g/mol. The number of likely N-dealkylation sites (tertiary alicyclic amines) is 1. The summed E-state index contributed by atoms with van der Waals surface area (Å²) in [5, 5.41) is 8.84. The third kappa shape index (κ3) is 2.74. The molecule has 0 bridgehead atoms. The van der Waals surface area contributed by atoms with Crippen LogP contribution in [0.15, 0.2) is 24.3 Å². The predicted molar refractivity (Wildman–Crippen MR) is 63.8 cm³/mol. The summed E-state index contributed by atoms with van der Waals surface area (Å²) in [5.41, 5.74) is 1.20. The highest BCUT2D eigenvalue weighted by atomic mass is 16.5. The van der Waals surface area contributed by atoms with Crippen molar-refractivity contribution in [3.05, 3.63) is 29.8 Å². The Hall–Kier alpha value is -1.06. The second kappa shape index (κ2) is 5.32. The van der Waals surface area contributed by atoms with Crippen LogP contribution < -0.4 is 4.74 Å². The van der Waals surface area contributed by atoms with Crippen LogP contribution >= 0.6 is 0 Å². The highest BCUT2D eigenvalue weighted by Gasteiger charge is 2.25. The van der Waals surface area contributed by atoms with Crippen molar-refractivity contribution in [1.82, 2.24) is 4.90 Å². The van der Waals surface area contributed by atoms with Crippen LogP contribution in [0, 0.1) is 0 Å². The van der Waals surface area contributed by atoms with Gasteiger partial charge in [0.1, 0.15) is 11.9 Å². The number of hydrogen-bond donors (Lipinski definition) is 1. The van der Waals surface area contributed by atoms with Crippen molar-refractivity contribution in [1.29, 1.82) is 0 Å². The lowest BCUT2D eigenvalue weighted by molar-refractivity contribution is 0.0381. The van der Waals surface area contributed by atoms with E-state index in [-0.39, 0.29) is 6.61 Å². The molecule has 3 nitrogen and oxygen atoms in total. The van der Waals surface area contributed by atoms with E-state index in [0.29, 0.717) is 6.10 Å². The van der Waals surface area contributed by atoms with Crippen LogP contribution in [0.2, 0.25) is 0 Å². The summed E-state index contributed by atoms with van der Waals surface area (Å²) in [4.78, 5) is 2.24. The fourth-order valence-electron chi connectivity index (χ4n) is 1.99. The van der Waals surface area contributed by atoms with E-state index >= 15 is 0 Å². The van der Waals surface area contributed by atoms with Gasteiger partial charge in [0.05, 0.1) is 0 Å². The van der Waals surface area contributed by atoms with Gasteiger partial charge in [-0.3, -0.25) is 4.90 Å². The number of para-hydroxylation sites is 1. The SMILES string of the molecule is CN1CC(Oc2ccccc2CCCO)C1. The Labute approximate surface area is 96.6 Å². The molecule has 0 unspecified atom stereocenters. The Morgan fingerprint density at radius 2 is 2.12 bits per heavy atom. The number of rotatable bonds is 5. The van der Waals surface area contributed by atoms with Gasteiger partial charge in [-0.1, -0.05) is 18.2 Å². The van der Waals surface area contributed by atoms with Gasteiger partial charge in [-0.2, -0.15) is 0 Å². The molecule has 0 atom stereocenters. The summed E-state index contributed by atoms with van der Waals surface area (Å²) in [5.74, 6) is 0.981. The zero-order valence-electron chi connectivity index (χ0n) is 9.72. The average Bonchev–Trinajstić information content (AvgIpc) is 2.26. The molecule has 0 saturated carbocycles. The third-order valence-corrected chi connectivity index (χ3v) is 2.90. The Morgan fingerprint density at radius 3 is 2.81 bits per heavy atom. The van der Waals surface area contributed by atoms with Gasteiger partial charge in [0.25, 0.3) is 0 Å². The van der Waals surface area contributed by atoms with Crippen LogP contribution in [-0.2, 0) is 6.42 Å². The first kappa shape index (κ1) is 11.4. The largest absolute Gasteiger partial charge is 0.487 e. The van der Waals surface area contributed by atoms with Gasteiger partial charge in [-0.05, 0) is 31.5 Å². The molecule has 3 heteroatoms. The lowest BCUT2D eigenvalue weighted by atomic mass is 10.1. The Kier molecular flexibility index (Phi) is 3.80. The number of aliphatic hydroxyl groups is 1. The smallest absolute Gasteiger partial charge is 0.124 e. The zero-order valence-corrected chi connectivity index (χ0v) is 9.72. The first-order valence-electron chi connectivity index (χ1n) is 5.83. The van der Waals surface area contributed by atoms with Crippen LogP contribution in [-0.4, -0.2) is 42.9 Å². The van der Waals surface area contributed by atoms with Gasteiger partial charge in [0.15, 0.2) is 0 Å². The van der Waals surface area contributed by atoms with E-state index in [4.69, 9.17) is 9.84 Å². The fraction of sp³-hybridized carbons (Fsp3) is 0.538. The molecule has 0 radical (unpaired) electrons. The van der Waals surface area contributed by atoms with Crippen LogP contribution in [0.3, 0.4) is 0 Å². The maximum absolute atomic E-state index is 8.84. The van der Waals surface area contributed by atoms with Gasteiger partial charge in [-0.15, -0.1) is 0 Å². The summed E-state index contributed by atoms with van der Waals surface area (Å²) in [6.45, 7) is 2.25. The van der Waals surface area contributed by atoms with Gasteiger partial charge >= 0.3 is 0 Å². The molecule has 1 saturated heterocycles. The molecule has 1 aliphatic rings. The van der Waals surface area contributed by atoms with Crippen LogP contribution in [0.1, 0.15) is 12.0 Å². The molecular weight excluding hydrogens is 202 g/mol. The van der Waals surface area contributed by atoms with Crippen molar-refractivity contribution in [3.63, 3.8) is 0 Å². The van der Waals surface area contributed by atoms with E-state index < -0.39 is 0 Å².